The Bertz CT molecular complexity index is 201. The molecule has 2 rings (SSSR count). The summed E-state index contributed by atoms with van der Waals surface area (Å²) >= 11 is 0. The number of hydrogen-bond acceptors (Lipinski definition) is 2. The first-order chi connectivity index (χ1) is 5.57. The van der Waals surface area contributed by atoms with Crippen LogP contribution in [0.25, 0.3) is 0 Å². The minimum atomic E-state index is -0.612. The van der Waals surface area contributed by atoms with Crippen LogP contribution in [0.1, 0.15) is 26.2 Å². The Morgan fingerprint density at radius 1 is 1.58 bits per heavy atom. The second-order valence-electron chi connectivity index (χ2n) is 4.39. The highest BCUT2D eigenvalue weighted by atomic mass is 16.3. The Balaban J connectivity index is 1.75. The molecule has 0 aromatic rings. The number of amides is 1. The summed E-state index contributed by atoms with van der Waals surface area (Å²) in [6.07, 6.45) is 3.14. The van der Waals surface area contributed by atoms with E-state index in [2.05, 4.69) is 0 Å². The fourth-order valence-corrected chi connectivity index (χ4v) is 1.65. The van der Waals surface area contributed by atoms with Gasteiger partial charge in [-0.05, 0) is 25.7 Å². The monoisotopic (exact) mass is 169 g/mol. The molecule has 0 aromatic carbocycles. The molecule has 1 amide bonds. The van der Waals surface area contributed by atoms with E-state index in [9.17, 15) is 9.90 Å². The van der Waals surface area contributed by atoms with Crippen molar-refractivity contribution in [2.45, 2.75) is 31.8 Å². The Kier molecular flexibility index (Phi) is 1.65. The minimum Gasteiger partial charge on any atom is -0.386 e. The van der Waals surface area contributed by atoms with Gasteiger partial charge in [0.1, 0.15) is 0 Å². The molecule has 1 saturated carbocycles. The van der Waals surface area contributed by atoms with E-state index >= 15 is 0 Å². The number of aliphatic hydroxyl groups is 1. The first-order valence-electron chi connectivity index (χ1n) is 4.57. The van der Waals surface area contributed by atoms with E-state index in [1.165, 1.54) is 12.8 Å². The Morgan fingerprint density at radius 2 is 2.17 bits per heavy atom. The molecular formula is C9H15NO2. The van der Waals surface area contributed by atoms with Crippen molar-refractivity contribution in [3.63, 3.8) is 0 Å². The lowest BCUT2D eigenvalue weighted by atomic mass is 9.96. The summed E-state index contributed by atoms with van der Waals surface area (Å²) < 4.78 is 0. The summed E-state index contributed by atoms with van der Waals surface area (Å²) in [6, 6.07) is 0. The number of rotatable bonds is 2. The quantitative estimate of drug-likeness (QED) is 0.649. The van der Waals surface area contributed by atoms with E-state index in [1.807, 2.05) is 0 Å². The highest BCUT2D eigenvalue weighted by Gasteiger charge is 2.40. The molecular weight excluding hydrogens is 154 g/mol. The second kappa shape index (κ2) is 2.46. The van der Waals surface area contributed by atoms with Crippen molar-refractivity contribution in [1.29, 1.82) is 0 Å². The maximum absolute atomic E-state index is 11.4. The molecule has 1 aliphatic carbocycles. The van der Waals surface area contributed by atoms with Crippen LogP contribution < -0.4 is 0 Å². The summed E-state index contributed by atoms with van der Waals surface area (Å²) in [5.74, 6) is 0.882. The Labute approximate surface area is 72.4 Å². The molecule has 68 valence electrons. The molecule has 1 N–H and O–H groups in total. The van der Waals surface area contributed by atoms with Crippen LogP contribution in [-0.2, 0) is 4.79 Å². The molecule has 1 saturated heterocycles. The zero-order chi connectivity index (χ0) is 8.77. The van der Waals surface area contributed by atoms with Gasteiger partial charge >= 0.3 is 0 Å². The van der Waals surface area contributed by atoms with E-state index in [1.54, 1.807) is 11.8 Å². The lowest BCUT2D eigenvalue weighted by Gasteiger charge is -2.44. The van der Waals surface area contributed by atoms with E-state index < -0.39 is 5.60 Å². The van der Waals surface area contributed by atoms with Crippen molar-refractivity contribution in [2.24, 2.45) is 5.92 Å². The van der Waals surface area contributed by atoms with Gasteiger partial charge in [-0.15, -0.1) is 0 Å². The van der Waals surface area contributed by atoms with Gasteiger partial charge in [-0.25, -0.2) is 0 Å². The van der Waals surface area contributed by atoms with Gasteiger partial charge in [-0.2, -0.15) is 0 Å². The smallest absolute Gasteiger partial charge is 0.223 e. The normalized spacial score (nSPS) is 26.7. The van der Waals surface area contributed by atoms with Crippen LogP contribution in [0.4, 0.5) is 0 Å². The Hall–Kier alpha value is -0.570. The molecule has 1 aliphatic heterocycles. The van der Waals surface area contributed by atoms with Gasteiger partial charge in [-0.3, -0.25) is 4.79 Å². The number of carbonyl (C=O) groups is 1. The molecule has 0 bridgehead atoms. The van der Waals surface area contributed by atoms with Gasteiger partial charge in [0.25, 0.3) is 0 Å². The molecule has 0 atom stereocenters. The van der Waals surface area contributed by atoms with Crippen LogP contribution in [-0.4, -0.2) is 34.6 Å². The topological polar surface area (TPSA) is 40.5 Å². The zero-order valence-electron chi connectivity index (χ0n) is 7.42. The van der Waals surface area contributed by atoms with Crippen molar-refractivity contribution in [3.05, 3.63) is 0 Å². The number of β-amino-alcohol motifs (C(OH)–C–C–N with tert-alkyl or cyclic N) is 1. The maximum Gasteiger partial charge on any atom is 0.223 e. The van der Waals surface area contributed by atoms with Crippen molar-refractivity contribution in [1.82, 2.24) is 4.90 Å². The van der Waals surface area contributed by atoms with Crippen molar-refractivity contribution >= 4 is 5.91 Å². The highest BCUT2D eigenvalue weighted by molar-refractivity contribution is 5.77. The van der Waals surface area contributed by atoms with Crippen molar-refractivity contribution in [2.75, 3.05) is 13.1 Å². The van der Waals surface area contributed by atoms with Gasteiger partial charge in [0.2, 0.25) is 5.91 Å². The van der Waals surface area contributed by atoms with Gasteiger partial charge in [0.15, 0.2) is 0 Å². The predicted octanol–water partition coefficient (Wildman–Crippen LogP) is 0.380. The second-order valence-corrected chi connectivity index (χ2v) is 4.39. The average Bonchev–Trinajstić information content (AvgIpc) is 2.66. The highest BCUT2D eigenvalue weighted by Crippen LogP contribution is 2.34. The largest absolute Gasteiger partial charge is 0.386 e. The molecule has 0 unspecified atom stereocenters. The fraction of sp³-hybridized carbons (Fsp3) is 0.889. The van der Waals surface area contributed by atoms with Crippen LogP contribution in [0, 0.1) is 5.92 Å². The van der Waals surface area contributed by atoms with E-state index in [-0.39, 0.29) is 5.91 Å². The average molecular weight is 169 g/mol. The van der Waals surface area contributed by atoms with Gasteiger partial charge in [0, 0.05) is 6.42 Å². The standard InChI is InChI=1S/C9H15NO2/c1-9(12)5-10(6-9)8(11)4-7-2-3-7/h7,12H,2-6H2,1H3. The molecule has 1 heterocycles. The van der Waals surface area contributed by atoms with Crippen LogP contribution >= 0.6 is 0 Å². The summed E-state index contributed by atoms with van der Waals surface area (Å²) in [5.41, 5.74) is -0.612. The molecule has 0 aromatic heterocycles. The first kappa shape index (κ1) is 8.05. The zero-order valence-corrected chi connectivity index (χ0v) is 7.42. The summed E-state index contributed by atoms with van der Waals surface area (Å²) in [4.78, 5) is 13.1. The lowest BCUT2D eigenvalue weighted by Crippen LogP contribution is -2.61. The van der Waals surface area contributed by atoms with E-state index in [0.29, 0.717) is 25.4 Å². The molecule has 0 radical (unpaired) electrons. The summed E-state index contributed by atoms with van der Waals surface area (Å²) in [5, 5.41) is 9.39. The number of nitrogens with zero attached hydrogens (tertiary/aromatic N) is 1. The van der Waals surface area contributed by atoms with Gasteiger partial charge < -0.3 is 10.0 Å². The summed E-state index contributed by atoms with van der Waals surface area (Å²) in [6.45, 7) is 2.82. The SMILES string of the molecule is CC1(O)CN(C(=O)CC2CC2)C1. The van der Waals surface area contributed by atoms with Crippen molar-refractivity contribution in [3.8, 4) is 0 Å². The molecule has 2 fully saturated rings. The first-order valence-corrected chi connectivity index (χ1v) is 4.57. The fourth-order valence-electron chi connectivity index (χ4n) is 1.65. The van der Waals surface area contributed by atoms with Crippen LogP contribution in [0.5, 0.6) is 0 Å². The molecule has 12 heavy (non-hydrogen) atoms. The van der Waals surface area contributed by atoms with Crippen LogP contribution in [0.3, 0.4) is 0 Å². The lowest BCUT2D eigenvalue weighted by molar-refractivity contribution is -0.152. The van der Waals surface area contributed by atoms with E-state index in [0.717, 1.165) is 0 Å². The number of carbonyl (C=O) groups excluding carboxylic acids is 1. The third-order valence-electron chi connectivity index (χ3n) is 2.58. The molecule has 3 heteroatoms. The van der Waals surface area contributed by atoms with E-state index in [4.69, 9.17) is 0 Å². The Morgan fingerprint density at radius 3 is 2.58 bits per heavy atom. The molecule has 3 nitrogen and oxygen atoms in total. The third-order valence-corrected chi connectivity index (χ3v) is 2.58. The number of hydrogen-bond donors (Lipinski definition) is 1. The van der Waals surface area contributed by atoms with Crippen LogP contribution in [0.15, 0.2) is 0 Å². The van der Waals surface area contributed by atoms with Gasteiger partial charge in [0.05, 0.1) is 18.7 Å². The van der Waals surface area contributed by atoms with Crippen molar-refractivity contribution < 1.29 is 9.90 Å². The predicted molar refractivity (Wildman–Crippen MR) is 44.5 cm³/mol. The third kappa shape index (κ3) is 1.61. The van der Waals surface area contributed by atoms with Gasteiger partial charge in [-0.1, -0.05) is 0 Å². The van der Waals surface area contributed by atoms with Crippen LogP contribution in [0.2, 0.25) is 0 Å². The minimum absolute atomic E-state index is 0.226. The molecule has 2 aliphatic rings. The summed E-state index contributed by atoms with van der Waals surface area (Å²) in [7, 11) is 0. The molecule has 0 spiro atoms. The number of likely N-dealkylation sites (tertiary alicyclic amines) is 1. The maximum atomic E-state index is 11.4.